The highest BCUT2D eigenvalue weighted by molar-refractivity contribution is 9.10. The standard InChI is InChI=1S/C15H12BrClN2O2S/c16-13-7-10(1-6-14(13)20)8-18-19-15(21)9-22-12-4-2-11(17)3-5-12/h1-8,20H,9H2,(H,19,21)/b18-8-. The van der Waals surface area contributed by atoms with E-state index in [9.17, 15) is 9.90 Å². The summed E-state index contributed by atoms with van der Waals surface area (Å²) in [6.45, 7) is 0. The number of carbonyl (C=O) groups excluding carboxylic acids is 1. The minimum absolute atomic E-state index is 0.153. The quantitative estimate of drug-likeness (QED) is 0.453. The summed E-state index contributed by atoms with van der Waals surface area (Å²) in [6, 6.07) is 12.2. The molecule has 0 unspecified atom stereocenters. The topological polar surface area (TPSA) is 61.7 Å². The predicted molar refractivity (Wildman–Crippen MR) is 93.7 cm³/mol. The van der Waals surface area contributed by atoms with E-state index in [1.807, 2.05) is 12.1 Å². The molecule has 0 saturated carbocycles. The zero-order chi connectivity index (χ0) is 15.9. The lowest BCUT2D eigenvalue weighted by molar-refractivity contribution is -0.118. The van der Waals surface area contributed by atoms with Crippen molar-refractivity contribution in [2.24, 2.45) is 5.10 Å². The Morgan fingerprint density at radius 3 is 2.73 bits per heavy atom. The number of halogens is 2. The number of nitrogens with one attached hydrogen (secondary N) is 1. The Morgan fingerprint density at radius 2 is 2.05 bits per heavy atom. The fourth-order valence-electron chi connectivity index (χ4n) is 1.49. The van der Waals surface area contributed by atoms with Gasteiger partial charge in [-0.05, 0) is 64.0 Å². The van der Waals surface area contributed by atoms with Gasteiger partial charge in [-0.3, -0.25) is 4.79 Å². The van der Waals surface area contributed by atoms with E-state index in [1.54, 1.807) is 30.3 Å². The summed E-state index contributed by atoms with van der Waals surface area (Å²) in [5.74, 6) is 0.215. The minimum atomic E-state index is -0.200. The van der Waals surface area contributed by atoms with Crippen LogP contribution in [-0.2, 0) is 4.79 Å². The van der Waals surface area contributed by atoms with Crippen LogP contribution in [0.3, 0.4) is 0 Å². The Balaban J connectivity index is 1.80. The van der Waals surface area contributed by atoms with Gasteiger partial charge in [0, 0.05) is 9.92 Å². The van der Waals surface area contributed by atoms with Crippen LogP contribution in [0.5, 0.6) is 5.75 Å². The summed E-state index contributed by atoms with van der Waals surface area (Å²) >= 11 is 10.4. The van der Waals surface area contributed by atoms with Gasteiger partial charge in [-0.25, -0.2) is 5.43 Å². The lowest BCUT2D eigenvalue weighted by atomic mass is 10.2. The zero-order valence-electron chi connectivity index (χ0n) is 11.3. The number of rotatable bonds is 5. The van der Waals surface area contributed by atoms with Gasteiger partial charge in [0.25, 0.3) is 0 Å². The van der Waals surface area contributed by atoms with Gasteiger partial charge in [-0.1, -0.05) is 11.6 Å². The van der Waals surface area contributed by atoms with Crippen LogP contribution < -0.4 is 5.43 Å². The van der Waals surface area contributed by atoms with Crippen LogP contribution in [0.25, 0.3) is 0 Å². The van der Waals surface area contributed by atoms with Gasteiger partial charge in [0.05, 0.1) is 16.4 Å². The molecule has 0 aromatic heterocycles. The Labute approximate surface area is 145 Å². The van der Waals surface area contributed by atoms with Gasteiger partial charge < -0.3 is 5.11 Å². The van der Waals surface area contributed by atoms with Crippen LogP contribution in [0.1, 0.15) is 5.56 Å². The van der Waals surface area contributed by atoms with Gasteiger partial charge >= 0.3 is 0 Å². The molecule has 0 radical (unpaired) electrons. The average Bonchev–Trinajstić information content (AvgIpc) is 2.50. The van der Waals surface area contributed by atoms with Crippen molar-refractivity contribution in [3.05, 3.63) is 57.5 Å². The van der Waals surface area contributed by atoms with Crippen LogP contribution in [0, 0.1) is 0 Å². The number of thioether (sulfide) groups is 1. The average molecular weight is 400 g/mol. The molecule has 7 heteroatoms. The number of benzene rings is 2. The Hall–Kier alpha value is -1.50. The normalized spacial score (nSPS) is 10.8. The highest BCUT2D eigenvalue weighted by Gasteiger charge is 2.02. The van der Waals surface area contributed by atoms with Crippen molar-refractivity contribution in [3.63, 3.8) is 0 Å². The van der Waals surface area contributed by atoms with Crippen molar-refractivity contribution in [1.82, 2.24) is 5.43 Å². The lowest BCUT2D eigenvalue weighted by Gasteiger charge is -2.01. The number of aromatic hydroxyl groups is 1. The molecule has 0 atom stereocenters. The van der Waals surface area contributed by atoms with E-state index in [0.717, 1.165) is 10.5 Å². The smallest absolute Gasteiger partial charge is 0.250 e. The van der Waals surface area contributed by atoms with Crippen LogP contribution in [-0.4, -0.2) is 23.0 Å². The molecule has 0 fully saturated rings. The molecule has 0 aliphatic heterocycles. The maximum absolute atomic E-state index is 11.7. The highest BCUT2D eigenvalue weighted by atomic mass is 79.9. The van der Waals surface area contributed by atoms with Crippen molar-refractivity contribution < 1.29 is 9.90 Å². The SMILES string of the molecule is O=C(CSc1ccc(Cl)cc1)N/N=C\c1ccc(O)c(Br)c1. The molecule has 22 heavy (non-hydrogen) atoms. The number of phenols is 1. The second-order valence-electron chi connectivity index (χ2n) is 4.25. The Morgan fingerprint density at radius 1 is 1.32 bits per heavy atom. The number of phenolic OH excluding ortho intramolecular Hbond substituents is 1. The number of nitrogens with zero attached hydrogens (tertiary/aromatic N) is 1. The van der Waals surface area contributed by atoms with E-state index in [2.05, 4.69) is 26.5 Å². The van der Waals surface area contributed by atoms with Crippen LogP contribution >= 0.6 is 39.3 Å². The molecule has 0 saturated heterocycles. The third-order valence-electron chi connectivity index (χ3n) is 2.56. The van der Waals surface area contributed by atoms with Crippen molar-refractivity contribution >= 4 is 51.4 Å². The largest absolute Gasteiger partial charge is 0.507 e. The third-order valence-corrected chi connectivity index (χ3v) is 4.46. The molecule has 0 spiro atoms. The first-order chi connectivity index (χ1) is 10.5. The van der Waals surface area contributed by atoms with Gasteiger partial charge in [0.15, 0.2) is 0 Å². The summed E-state index contributed by atoms with van der Waals surface area (Å²) in [5, 5.41) is 13.9. The molecular weight excluding hydrogens is 388 g/mol. The van der Waals surface area contributed by atoms with Crippen molar-refractivity contribution in [3.8, 4) is 5.75 Å². The minimum Gasteiger partial charge on any atom is -0.507 e. The van der Waals surface area contributed by atoms with E-state index in [-0.39, 0.29) is 17.4 Å². The molecule has 2 aromatic carbocycles. The van der Waals surface area contributed by atoms with Gasteiger partial charge in [0.2, 0.25) is 5.91 Å². The highest BCUT2D eigenvalue weighted by Crippen LogP contribution is 2.23. The third kappa shape index (κ3) is 5.36. The van der Waals surface area contributed by atoms with E-state index >= 15 is 0 Å². The first-order valence-corrected chi connectivity index (χ1v) is 8.39. The van der Waals surface area contributed by atoms with Crippen molar-refractivity contribution in [2.75, 3.05) is 5.75 Å². The maximum Gasteiger partial charge on any atom is 0.250 e. The fraction of sp³-hybridized carbons (Fsp3) is 0.0667. The summed E-state index contributed by atoms with van der Waals surface area (Å²) in [5.41, 5.74) is 3.21. The number of carbonyl (C=O) groups is 1. The van der Waals surface area contributed by atoms with Crippen LogP contribution in [0.2, 0.25) is 5.02 Å². The van der Waals surface area contributed by atoms with E-state index in [4.69, 9.17) is 11.6 Å². The van der Waals surface area contributed by atoms with Crippen molar-refractivity contribution in [1.29, 1.82) is 0 Å². The van der Waals surface area contributed by atoms with Crippen LogP contribution in [0.15, 0.2) is 56.9 Å². The molecule has 0 heterocycles. The molecule has 0 aliphatic carbocycles. The first-order valence-electron chi connectivity index (χ1n) is 6.23. The predicted octanol–water partition coefficient (Wildman–Crippen LogP) is 4.05. The molecule has 2 rings (SSSR count). The maximum atomic E-state index is 11.7. The second-order valence-corrected chi connectivity index (χ2v) is 6.59. The Bertz CT molecular complexity index is 692. The number of hydrogen-bond donors (Lipinski definition) is 2. The molecule has 1 amide bonds. The van der Waals surface area contributed by atoms with E-state index < -0.39 is 0 Å². The summed E-state index contributed by atoms with van der Waals surface area (Å²) in [6.07, 6.45) is 1.51. The summed E-state index contributed by atoms with van der Waals surface area (Å²) < 4.78 is 0.570. The monoisotopic (exact) mass is 398 g/mol. The van der Waals surface area contributed by atoms with E-state index in [1.165, 1.54) is 18.0 Å². The number of amides is 1. The summed E-state index contributed by atoms with van der Waals surface area (Å²) in [4.78, 5) is 12.6. The number of hydrogen-bond acceptors (Lipinski definition) is 4. The zero-order valence-corrected chi connectivity index (χ0v) is 14.5. The molecule has 0 bridgehead atoms. The van der Waals surface area contributed by atoms with Gasteiger partial charge in [-0.15, -0.1) is 11.8 Å². The Kier molecular flexibility index (Phi) is 6.30. The molecular formula is C15H12BrClN2O2S. The van der Waals surface area contributed by atoms with E-state index in [0.29, 0.717) is 9.50 Å². The molecule has 0 aliphatic rings. The molecule has 114 valence electrons. The lowest BCUT2D eigenvalue weighted by Crippen LogP contribution is -2.19. The molecule has 2 aromatic rings. The second kappa shape index (κ2) is 8.22. The summed E-state index contributed by atoms with van der Waals surface area (Å²) in [7, 11) is 0. The molecule has 2 N–H and O–H groups in total. The fourth-order valence-corrected chi connectivity index (χ4v) is 2.71. The molecule has 4 nitrogen and oxygen atoms in total. The van der Waals surface area contributed by atoms with Gasteiger partial charge in [-0.2, -0.15) is 5.10 Å². The number of hydrazone groups is 1. The van der Waals surface area contributed by atoms with Gasteiger partial charge in [0.1, 0.15) is 5.75 Å². The van der Waals surface area contributed by atoms with Crippen LogP contribution in [0.4, 0.5) is 0 Å². The first kappa shape index (κ1) is 16.9. The van der Waals surface area contributed by atoms with Crippen molar-refractivity contribution in [2.45, 2.75) is 4.90 Å².